The Kier molecular flexibility index (Phi) is 4.52. The molecule has 64 valence electrons. The summed E-state index contributed by atoms with van der Waals surface area (Å²) in [6.07, 6.45) is 0.781. The number of nitrogens with one attached hydrogen (secondary N) is 1. The summed E-state index contributed by atoms with van der Waals surface area (Å²) in [5.74, 6) is 0.713. The maximum absolute atomic E-state index is 10.9. The molecule has 0 saturated carbocycles. The average molecular weight is 196 g/mol. The summed E-state index contributed by atoms with van der Waals surface area (Å²) < 4.78 is 0. The van der Waals surface area contributed by atoms with Crippen LogP contribution in [0.5, 0.6) is 0 Å². The SMILES string of the molecule is CC(=O)N[C@H]1CCSC1=O.Cl. The lowest BCUT2D eigenvalue weighted by atomic mass is 10.2. The maximum Gasteiger partial charge on any atom is 0.217 e. The number of carbonyl (C=O) groups is 2. The van der Waals surface area contributed by atoms with Gasteiger partial charge in [0.05, 0.1) is 6.04 Å². The van der Waals surface area contributed by atoms with Crippen molar-refractivity contribution in [2.75, 3.05) is 5.75 Å². The van der Waals surface area contributed by atoms with Crippen LogP contribution in [0.25, 0.3) is 0 Å². The standard InChI is InChI=1S/C6H9NO2S.ClH/c1-4(8)7-5-2-3-10-6(5)9;/h5H,2-3H2,1H3,(H,7,8);1H/t5-;/m0./s1. The fourth-order valence-electron chi connectivity index (χ4n) is 0.872. The van der Waals surface area contributed by atoms with Gasteiger partial charge >= 0.3 is 0 Å². The molecule has 3 nitrogen and oxygen atoms in total. The van der Waals surface area contributed by atoms with Crippen LogP contribution in [0.1, 0.15) is 13.3 Å². The van der Waals surface area contributed by atoms with Crippen molar-refractivity contribution < 1.29 is 9.59 Å². The molecule has 1 fully saturated rings. The second-order valence-electron chi connectivity index (χ2n) is 2.21. The van der Waals surface area contributed by atoms with E-state index in [0.29, 0.717) is 0 Å². The lowest BCUT2D eigenvalue weighted by Crippen LogP contribution is -2.35. The van der Waals surface area contributed by atoms with Crippen molar-refractivity contribution in [2.24, 2.45) is 0 Å². The predicted molar refractivity (Wildman–Crippen MR) is 46.9 cm³/mol. The largest absolute Gasteiger partial charge is 0.346 e. The number of carbonyl (C=O) groups excluding carboxylic acids is 2. The molecule has 5 heteroatoms. The number of halogens is 1. The minimum absolute atomic E-state index is 0. The third-order valence-corrected chi connectivity index (χ3v) is 2.32. The van der Waals surface area contributed by atoms with Crippen LogP contribution in [0.4, 0.5) is 0 Å². The molecule has 1 heterocycles. The molecule has 0 spiro atoms. The second kappa shape index (κ2) is 4.62. The highest BCUT2D eigenvalue weighted by Gasteiger charge is 2.25. The van der Waals surface area contributed by atoms with Gasteiger partial charge in [0.2, 0.25) is 11.0 Å². The topological polar surface area (TPSA) is 46.2 Å². The van der Waals surface area contributed by atoms with Gasteiger partial charge in [-0.25, -0.2) is 0 Å². The van der Waals surface area contributed by atoms with Crippen LogP contribution < -0.4 is 5.32 Å². The molecule has 0 aliphatic carbocycles. The van der Waals surface area contributed by atoms with Gasteiger partial charge in [0.1, 0.15) is 0 Å². The van der Waals surface area contributed by atoms with E-state index >= 15 is 0 Å². The molecule has 1 amide bonds. The summed E-state index contributed by atoms with van der Waals surface area (Å²) in [7, 11) is 0. The maximum atomic E-state index is 10.9. The minimum Gasteiger partial charge on any atom is -0.346 e. The van der Waals surface area contributed by atoms with Gasteiger partial charge in [0.25, 0.3) is 0 Å². The molecule has 11 heavy (non-hydrogen) atoms. The van der Waals surface area contributed by atoms with E-state index in [9.17, 15) is 9.59 Å². The lowest BCUT2D eigenvalue weighted by molar-refractivity contribution is -0.122. The monoisotopic (exact) mass is 195 g/mol. The second-order valence-corrected chi connectivity index (χ2v) is 3.31. The normalized spacial score (nSPS) is 22.6. The number of hydrogen-bond donors (Lipinski definition) is 1. The molecule has 1 saturated heterocycles. The van der Waals surface area contributed by atoms with E-state index in [4.69, 9.17) is 0 Å². The van der Waals surface area contributed by atoms with Crippen LogP contribution in [0.2, 0.25) is 0 Å². The summed E-state index contributed by atoms with van der Waals surface area (Å²) in [5, 5.41) is 2.67. The molecule has 0 radical (unpaired) electrons. The van der Waals surface area contributed by atoms with Crippen LogP contribution in [0.15, 0.2) is 0 Å². The summed E-state index contributed by atoms with van der Waals surface area (Å²) in [6, 6.07) is -0.220. The number of hydrogen-bond acceptors (Lipinski definition) is 3. The third kappa shape index (κ3) is 3.12. The Labute approximate surface area is 75.7 Å². The van der Waals surface area contributed by atoms with Crippen molar-refractivity contribution in [1.82, 2.24) is 5.32 Å². The first-order chi connectivity index (χ1) is 4.70. The summed E-state index contributed by atoms with van der Waals surface area (Å²) in [6.45, 7) is 1.43. The van der Waals surface area contributed by atoms with E-state index in [1.165, 1.54) is 18.7 Å². The third-order valence-electron chi connectivity index (χ3n) is 1.31. The fourth-order valence-corrected chi connectivity index (χ4v) is 1.80. The van der Waals surface area contributed by atoms with Crippen molar-refractivity contribution in [3.8, 4) is 0 Å². The highest BCUT2D eigenvalue weighted by atomic mass is 35.5. The van der Waals surface area contributed by atoms with E-state index in [1.54, 1.807) is 0 Å². The van der Waals surface area contributed by atoms with Gasteiger partial charge in [0, 0.05) is 12.7 Å². The van der Waals surface area contributed by atoms with Gasteiger partial charge in [-0.3, -0.25) is 9.59 Å². The fraction of sp³-hybridized carbons (Fsp3) is 0.667. The molecule has 1 aliphatic rings. The van der Waals surface area contributed by atoms with Gasteiger partial charge in [-0.15, -0.1) is 12.4 Å². The number of rotatable bonds is 1. The molecule has 0 aromatic rings. The predicted octanol–water partition coefficient (Wildman–Crippen LogP) is 0.576. The van der Waals surface area contributed by atoms with Crippen LogP contribution >= 0.6 is 24.2 Å². The Morgan fingerprint density at radius 3 is 2.73 bits per heavy atom. The van der Waals surface area contributed by atoms with Crippen molar-refractivity contribution >= 4 is 35.2 Å². The van der Waals surface area contributed by atoms with Gasteiger partial charge in [-0.05, 0) is 6.42 Å². The van der Waals surface area contributed by atoms with Crippen LogP contribution in [-0.4, -0.2) is 22.8 Å². The molecule has 0 aromatic carbocycles. The van der Waals surface area contributed by atoms with Gasteiger partial charge in [0.15, 0.2) is 0 Å². The van der Waals surface area contributed by atoms with Crippen molar-refractivity contribution in [2.45, 2.75) is 19.4 Å². The Balaban J connectivity index is 0.000001000. The molecule has 0 bridgehead atoms. The Bertz CT molecular complexity index is 174. The Morgan fingerprint density at radius 2 is 2.36 bits per heavy atom. The Morgan fingerprint density at radius 1 is 1.73 bits per heavy atom. The summed E-state index contributed by atoms with van der Waals surface area (Å²) in [4.78, 5) is 21.3. The quantitative estimate of drug-likeness (QED) is 0.666. The van der Waals surface area contributed by atoms with Gasteiger partial charge in [-0.2, -0.15) is 0 Å². The Hall–Kier alpha value is -0.220. The minimum atomic E-state index is -0.220. The van der Waals surface area contributed by atoms with Gasteiger partial charge in [-0.1, -0.05) is 11.8 Å². The zero-order valence-electron chi connectivity index (χ0n) is 6.12. The molecular weight excluding hydrogens is 186 g/mol. The van der Waals surface area contributed by atoms with Crippen molar-refractivity contribution in [3.63, 3.8) is 0 Å². The van der Waals surface area contributed by atoms with Crippen molar-refractivity contribution in [3.05, 3.63) is 0 Å². The summed E-state index contributed by atoms with van der Waals surface area (Å²) >= 11 is 1.29. The lowest BCUT2D eigenvalue weighted by Gasteiger charge is -2.05. The highest BCUT2D eigenvalue weighted by molar-refractivity contribution is 8.14. The first-order valence-electron chi connectivity index (χ1n) is 3.14. The molecule has 0 aromatic heterocycles. The van der Waals surface area contributed by atoms with E-state index < -0.39 is 0 Å². The molecule has 0 unspecified atom stereocenters. The van der Waals surface area contributed by atoms with E-state index in [0.717, 1.165) is 12.2 Å². The van der Waals surface area contributed by atoms with Crippen LogP contribution in [0.3, 0.4) is 0 Å². The highest BCUT2D eigenvalue weighted by Crippen LogP contribution is 2.18. The molecule has 1 aliphatic heterocycles. The molecule has 1 atom stereocenters. The zero-order chi connectivity index (χ0) is 7.56. The van der Waals surface area contributed by atoms with Gasteiger partial charge < -0.3 is 5.32 Å². The smallest absolute Gasteiger partial charge is 0.217 e. The first kappa shape index (κ1) is 10.8. The summed E-state index contributed by atoms with van der Waals surface area (Å²) in [5.41, 5.74) is 0. The zero-order valence-corrected chi connectivity index (χ0v) is 7.76. The van der Waals surface area contributed by atoms with Crippen LogP contribution in [-0.2, 0) is 9.59 Å². The molecule has 1 rings (SSSR count). The first-order valence-corrected chi connectivity index (χ1v) is 4.12. The number of thioether (sulfide) groups is 1. The molecule has 1 N–H and O–H groups in total. The average Bonchev–Trinajstić information content (AvgIpc) is 2.15. The number of amides is 1. The van der Waals surface area contributed by atoms with Crippen LogP contribution in [0, 0.1) is 0 Å². The molecular formula is C6H10ClNO2S. The van der Waals surface area contributed by atoms with E-state index in [2.05, 4.69) is 5.32 Å². The van der Waals surface area contributed by atoms with Crippen molar-refractivity contribution in [1.29, 1.82) is 0 Å². The van der Waals surface area contributed by atoms with E-state index in [1.807, 2.05) is 0 Å². The van der Waals surface area contributed by atoms with E-state index in [-0.39, 0.29) is 29.5 Å².